The van der Waals surface area contributed by atoms with Crippen LogP contribution in [0.25, 0.3) is 0 Å². The molecule has 0 aromatic rings. The van der Waals surface area contributed by atoms with Gasteiger partial charge in [-0.3, -0.25) is 4.79 Å². The van der Waals surface area contributed by atoms with E-state index < -0.39 is 0 Å². The first kappa shape index (κ1) is 16.4. The molecule has 0 aromatic carbocycles. The van der Waals surface area contributed by atoms with Crippen molar-refractivity contribution in [2.75, 3.05) is 26.3 Å². The Balaban J connectivity index is 3.16. The number of amides is 1. The number of rotatable bonds is 11. The van der Waals surface area contributed by atoms with Gasteiger partial charge in [-0.05, 0) is 31.7 Å². The van der Waals surface area contributed by atoms with Gasteiger partial charge in [-0.1, -0.05) is 20.3 Å². The molecule has 0 saturated carbocycles. The van der Waals surface area contributed by atoms with Crippen LogP contribution in [0.1, 0.15) is 46.0 Å². The number of hydrogen-bond acceptors (Lipinski definition) is 3. The summed E-state index contributed by atoms with van der Waals surface area (Å²) in [6, 6.07) is 0. The van der Waals surface area contributed by atoms with Crippen LogP contribution in [0.15, 0.2) is 0 Å². The van der Waals surface area contributed by atoms with Crippen LogP contribution in [0, 0.1) is 5.92 Å². The summed E-state index contributed by atoms with van der Waals surface area (Å²) in [5, 5.41) is 2.90. The molecule has 1 amide bonds. The maximum atomic E-state index is 11.4. The van der Waals surface area contributed by atoms with Gasteiger partial charge in [0.25, 0.3) is 0 Å². The predicted octanol–water partition coefficient (Wildman–Crippen LogP) is 1.68. The van der Waals surface area contributed by atoms with Crippen LogP contribution in [0.5, 0.6) is 0 Å². The van der Waals surface area contributed by atoms with E-state index in [4.69, 9.17) is 10.5 Å². The van der Waals surface area contributed by atoms with E-state index in [-0.39, 0.29) is 5.91 Å². The minimum absolute atomic E-state index is 0.144. The average Bonchev–Trinajstić information content (AvgIpc) is 2.29. The smallest absolute Gasteiger partial charge is 0.219 e. The Morgan fingerprint density at radius 2 is 2.00 bits per heavy atom. The fourth-order valence-electron chi connectivity index (χ4n) is 1.42. The zero-order valence-corrected chi connectivity index (χ0v) is 11.3. The van der Waals surface area contributed by atoms with E-state index in [0.717, 1.165) is 45.4 Å². The normalized spacial score (nSPS) is 10.8. The summed E-state index contributed by atoms with van der Waals surface area (Å²) in [6.07, 6.45) is 4.50. The molecule has 0 atom stereocenters. The quantitative estimate of drug-likeness (QED) is 0.544. The number of carbonyl (C=O) groups excluding carboxylic acids is 1. The molecule has 0 aromatic heterocycles. The van der Waals surface area contributed by atoms with Crippen LogP contribution in [-0.4, -0.2) is 32.2 Å². The average molecular weight is 244 g/mol. The monoisotopic (exact) mass is 244 g/mol. The van der Waals surface area contributed by atoms with Gasteiger partial charge in [-0.15, -0.1) is 0 Å². The Kier molecular flexibility index (Phi) is 11.4. The standard InChI is InChI=1S/C13H28N2O2/c1-12(2)11-17-10-6-9-15-13(16)7-4-3-5-8-14/h12H,3-11,14H2,1-2H3,(H,15,16). The Hall–Kier alpha value is -0.610. The Morgan fingerprint density at radius 1 is 1.24 bits per heavy atom. The number of nitrogens with two attached hydrogens (primary N) is 1. The van der Waals surface area contributed by atoms with Crippen molar-refractivity contribution in [3.05, 3.63) is 0 Å². The van der Waals surface area contributed by atoms with Crippen LogP contribution in [-0.2, 0) is 9.53 Å². The van der Waals surface area contributed by atoms with E-state index in [1.807, 2.05) is 0 Å². The third-order valence-electron chi connectivity index (χ3n) is 2.35. The van der Waals surface area contributed by atoms with Crippen molar-refractivity contribution < 1.29 is 9.53 Å². The summed E-state index contributed by atoms with van der Waals surface area (Å²) in [7, 11) is 0. The second kappa shape index (κ2) is 11.9. The fraction of sp³-hybridized carbons (Fsp3) is 0.923. The number of ether oxygens (including phenoxy) is 1. The molecule has 0 aliphatic rings. The molecule has 0 saturated heterocycles. The van der Waals surface area contributed by atoms with E-state index in [2.05, 4.69) is 19.2 Å². The first-order chi connectivity index (χ1) is 8.16. The van der Waals surface area contributed by atoms with E-state index in [1.54, 1.807) is 0 Å². The second-order valence-corrected chi connectivity index (χ2v) is 4.77. The highest BCUT2D eigenvalue weighted by Gasteiger charge is 2.00. The summed E-state index contributed by atoms with van der Waals surface area (Å²) in [5.74, 6) is 0.720. The van der Waals surface area contributed by atoms with Gasteiger partial charge in [0.1, 0.15) is 0 Å². The van der Waals surface area contributed by atoms with Crippen molar-refractivity contribution in [2.45, 2.75) is 46.0 Å². The molecule has 0 radical (unpaired) electrons. The Labute approximate surface area is 105 Å². The van der Waals surface area contributed by atoms with Gasteiger partial charge in [-0.25, -0.2) is 0 Å². The summed E-state index contributed by atoms with van der Waals surface area (Å²) >= 11 is 0. The largest absolute Gasteiger partial charge is 0.381 e. The van der Waals surface area contributed by atoms with Gasteiger partial charge in [-0.2, -0.15) is 0 Å². The molecular weight excluding hydrogens is 216 g/mol. The minimum atomic E-state index is 0.144. The summed E-state index contributed by atoms with van der Waals surface area (Å²) in [4.78, 5) is 11.4. The van der Waals surface area contributed by atoms with Crippen molar-refractivity contribution in [1.82, 2.24) is 5.32 Å². The summed E-state index contributed by atoms with van der Waals surface area (Å²) in [6.45, 7) is 7.22. The summed E-state index contributed by atoms with van der Waals surface area (Å²) in [5.41, 5.74) is 5.38. The van der Waals surface area contributed by atoms with Gasteiger partial charge < -0.3 is 15.8 Å². The maximum Gasteiger partial charge on any atom is 0.219 e. The van der Waals surface area contributed by atoms with Gasteiger partial charge in [0.2, 0.25) is 5.91 Å². The van der Waals surface area contributed by atoms with Crippen LogP contribution in [0.4, 0.5) is 0 Å². The molecule has 17 heavy (non-hydrogen) atoms. The molecule has 102 valence electrons. The summed E-state index contributed by atoms with van der Waals surface area (Å²) < 4.78 is 5.42. The van der Waals surface area contributed by atoms with Crippen LogP contribution in [0.3, 0.4) is 0 Å². The molecule has 3 N–H and O–H groups in total. The SMILES string of the molecule is CC(C)COCCCNC(=O)CCCCCN. The molecule has 0 aliphatic heterocycles. The highest BCUT2D eigenvalue weighted by Crippen LogP contribution is 1.98. The Bertz CT molecular complexity index is 184. The lowest BCUT2D eigenvalue weighted by Crippen LogP contribution is -2.25. The van der Waals surface area contributed by atoms with Gasteiger partial charge >= 0.3 is 0 Å². The Morgan fingerprint density at radius 3 is 2.65 bits per heavy atom. The molecule has 0 spiro atoms. The molecule has 0 fully saturated rings. The lowest BCUT2D eigenvalue weighted by molar-refractivity contribution is -0.121. The lowest BCUT2D eigenvalue weighted by atomic mass is 10.2. The third kappa shape index (κ3) is 13.3. The molecular formula is C13H28N2O2. The lowest BCUT2D eigenvalue weighted by Gasteiger charge is -2.07. The van der Waals surface area contributed by atoms with Gasteiger partial charge in [0.15, 0.2) is 0 Å². The minimum Gasteiger partial charge on any atom is -0.381 e. The number of nitrogens with one attached hydrogen (secondary N) is 1. The molecule has 4 heteroatoms. The molecule has 0 heterocycles. The van der Waals surface area contributed by atoms with Crippen LogP contribution < -0.4 is 11.1 Å². The number of carbonyl (C=O) groups is 1. The van der Waals surface area contributed by atoms with Crippen molar-refractivity contribution >= 4 is 5.91 Å². The molecule has 0 unspecified atom stereocenters. The number of hydrogen-bond donors (Lipinski definition) is 2. The zero-order chi connectivity index (χ0) is 12.9. The molecule has 4 nitrogen and oxygen atoms in total. The van der Waals surface area contributed by atoms with Crippen molar-refractivity contribution in [3.63, 3.8) is 0 Å². The second-order valence-electron chi connectivity index (χ2n) is 4.77. The number of unbranched alkanes of at least 4 members (excludes halogenated alkanes) is 2. The first-order valence-corrected chi connectivity index (χ1v) is 6.71. The third-order valence-corrected chi connectivity index (χ3v) is 2.35. The highest BCUT2D eigenvalue weighted by atomic mass is 16.5. The van der Waals surface area contributed by atoms with Crippen molar-refractivity contribution in [2.24, 2.45) is 11.7 Å². The maximum absolute atomic E-state index is 11.4. The molecule has 0 rings (SSSR count). The molecule has 0 aliphatic carbocycles. The van der Waals surface area contributed by atoms with Crippen molar-refractivity contribution in [1.29, 1.82) is 0 Å². The first-order valence-electron chi connectivity index (χ1n) is 6.71. The van der Waals surface area contributed by atoms with Crippen molar-refractivity contribution in [3.8, 4) is 0 Å². The zero-order valence-electron chi connectivity index (χ0n) is 11.3. The fourth-order valence-corrected chi connectivity index (χ4v) is 1.42. The van der Waals surface area contributed by atoms with Gasteiger partial charge in [0, 0.05) is 26.2 Å². The molecule has 0 bridgehead atoms. The van der Waals surface area contributed by atoms with E-state index in [0.29, 0.717) is 18.9 Å². The predicted molar refractivity (Wildman–Crippen MR) is 70.8 cm³/mol. The van der Waals surface area contributed by atoms with Gasteiger partial charge in [0.05, 0.1) is 0 Å². The van der Waals surface area contributed by atoms with E-state index in [9.17, 15) is 4.79 Å². The van der Waals surface area contributed by atoms with E-state index in [1.165, 1.54) is 0 Å². The topological polar surface area (TPSA) is 64.3 Å². The van der Waals surface area contributed by atoms with Crippen LogP contribution in [0.2, 0.25) is 0 Å². The highest BCUT2D eigenvalue weighted by molar-refractivity contribution is 5.75. The van der Waals surface area contributed by atoms with E-state index >= 15 is 0 Å². The van der Waals surface area contributed by atoms with Crippen LogP contribution >= 0.6 is 0 Å².